The Kier molecular flexibility index (Phi) is 7.85. The van der Waals surface area contributed by atoms with E-state index in [4.69, 9.17) is 56.9 Å². The predicted molar refractivity (Wildman–Crippen MR) is 156 cm³/mol. The van der Waals surface area contributed by atoms with Gasteiger partial charge < -0.3 is 44.5 Å². The maximum atomic E-state index is 15.9. The molecule has 44 heavy (non-hydrogen) atoms. The molecular weight excluding hydrogens is 667 g/mol. The molecule has 3 aromatic heterocycles. The Balaban J connectivity index is 1.19. The Labute approximate surface area is 257 Å². The van der Waals surface area contributed by atoms with Crippen molar-refractivity contribution in [3.05, 3.63) is 24.7 Å². The maximum Gasteiger partial charge on any atom is 0.325 e. The lowest BCUT2D eigenvalue weighted by Gasteiger charge is -2.28. The van der Waals surface area contributed by atoms with Crippen molar-refractivity contribution in [2.24, 2.45) is 4.99 Å². The molecule has 3 aromatic rings. The molecular formula is C21H26FN9O9P2S2. The van der Waals surface area contributed by atoms with E-state index in [-0.39, 0.29) is 23.0 Å². The highest BCUT2D eigenvalue weighted by Gasteiger charge is 2.53. The van der Waals surface area contributed by atoms with Crippen molar-refractivity contribution >= 4 is 66.2 Å². The number of ether oxygens (including phenoxy) is 2. The van der Waals surface area contributed by atoms with Gasteiger partial charge in [-0.2, -0.15) is 0 Å². The zero-order valence-electron chi connectivity index (χ0n) is 22.5. The number of fused-ring (bicyclic) bond motifs is 5. The van der Waals surface area contributed by atoms with Gasteiger partial charge in [0.15, 0.2) is 30.1 Å². The van der Waals surface area contributed by atoms with Crippen molar-refractivity contribution in [2.45, 2.75) is 62.1 Å². The van der Waals surface area contributed by atoms with E-state index in [2.05, 4.69) is 30.2 Å². The molecule has 23 heteroatoms. The second kappa shape index (κ2) is 11.3. The summed E-state index contributed by atoms with van der Waals surface area (Å²) in [5, 5.41) is 14.2. The fourth-order valence-corrected chi connectivity index (χ4v) is 8.29. The number of alkyl halides is 1. The molecule has 0 spiro atoms. The third-order valence-electron chi connectivity index (χ3n) is 7.54. The standard InChI is InChI=1S/C21H26FN9O9P2S2/c1-8-12-18(26-4-24-8)31(6-28-12)21-16-11(22)9(37-21)2-35-41(33,43)39-15-10(3-36-42(34,44)40-16)38-20(14(15)32)30-7-29-13-17(23)25-5-27-19(13)30/h4-11,14-16,20-21,32H,2-3H2,1H3,(H,24,26)(H,33,43)(H,34,44)(H2,23,25,27)/t8?,9-,10-,11+,14-,15-,16-,20-,21-,41?,42?/m1/s1. The second-order valence-electron chi connectivity index (χ2n) is 10.3. The lowest BCUT2D eigenvalue weighted by Crippen LogP contribution is -2.36. The average Bonchev–Trinajstić information content (AvgIpc) is 3.73. The molecule has 3 fully saturated rings. The van der Waals surface area contributed by atoms with Crippen molar-refractivity contribution in [3.8, 4) is 0 Å². The van der Waals surface area contributed by atoms with Crippen LogP contribution in [0.15, 0.2) is 24.0 Å². The molecule has 4 aliphatic heterocycles. The molecule has 7 rings (SSSR count). The van der Waals surface area contributed by atoms with Crippen molar-refractivity contribution < 1.29 is 46.9 Å². The molecule has 0 amide bonds. The Morgan fingerprint density at radius 3 is 2.43 bits per heavy atom. The number of anilines is 2. The zero-order valence-corrected chi connectivity index (χ0v) is 25.9. The maximum absolute atomic E-state index is 15.9. The highest BCUT2D eigenvalue weighted by molar-refractivity contribution is 8.07. The molecule has 0 radical (unpaired) electrons. The third kappa shape index (κ3) is 5.38. The molecule has 0 aromatic carbocycles. The summed E-state index contributed by atoms with van der Waals surface area (Å²) >= 11 is 10.5. The highest BCUT2D eigenvalue weighted by Crippen LogP contribution is 2.54. The van der Waals surface area contributed by atoms with Gasteiger partial charge in [0.05, 0.1) is 38.2 Å². The number of nitrogen functional groups attached to an aromatic ring is 1. The molecule has 6 N–H and O–H groups in total. The van der Waals surface area contributed by atoms with Crippen molar-refractivity contribution in [1.29, 1.82) is 0 Å². The van der Waals surface area contributed by atoms with Gasteiger partial charge in [0.1, 0.15) is 53.9 Å². The number of nitrogens with two attached hydrogens (primary N) is 1. The number of aliphatic hydroxyl groups is 1. The number of aliphatic imine (C=N–C) groups is 1. The summed E-state index contributed by atoms with van der Waals surface area (Å²) in [5.41, 5.74) is 6.98. The molecule has 0 aliphatic carbocycles. The van der Waals surface area contributed by atoms with E-state index in [1.165, 1.54) is 34.5 Å². The summed E-state index contributed by atoms with van der Waals surface area (Å²) in [6.07, 6.45) is -5.72. The summed E-state index contributed by atoms with van der Waals surface area (Å²) in [7, 11) is 0. The van der Waals surface area contributed by atoms with Crippen LogP contribution >= 0.6 is 13.4 Å². The Morgan fingerprint density at radius 1 is 0.977 bits per heavy atom. The molecule has 3 unspecified atom stereocenters. The molecule has 7 heterocycles. The molecule has 238 valence electrons. The van der Waals surface area contributed by atoms with Gasteiger partial charge in [0.2, 0.25) is 0 Å². The first kappa shape index (κ1) is 30.5. The van der Waals surface area contributed by atoms with Crippen LogP contribution in [0.3, 0.4) is 0 Å². The van der Waals surface area contributed by atoms with Crippen LogP contribution in [0.4, 0.5) is 16.0 Å². The summed E-state index contributed by atoms with van der Waals surface area (Å²) in [5.74, 6) is 0.585. The van der Waals surface area contributed by atoms with E-state index in [0.717, 1.165) is 0 Å². The van der Waals surface area contributed by atoms with Crippen LogP contribution in [-0.4, -0.2) is 100 Å². The number of hydrogen-bond acceptors (Lipinski definition) is 16. The lowest BCUT2D eigenvalue weighted by molar-refractivity contribution is -0.0608. The minimum absolute atomic E-state index is 0.108. The van der Waals surface area contributed by atoms with E-state index in [1.807, 2.05) is 6.92 Å². The summed E-state index contributed by atoms with van der Waals surface area (Å²) in [4.78, 5) is 42.9. The summed E-state index contributed by atoms with van der Waals surface area (Å²) in [6, 6.07) is -0.279. The van der Waals surface area contributed by atoms with E-state index in [0.29, 0.717) is 11.5 Å². The van der Waals surface area contributed by atoms with Crippen LogP contribution < -0.4 is 11.1 Å². The van der Waals surface area contributed by atoms with Crippen molar-refractivity contribution in [1.82, 2.24) is 29.1 Å². The Hall–Kier alpha value is -2.10. The number of imidazole rings is 2. The topological polar surface area (TPSA) is 228 Å². The average molecular weight is 694 g/mol. The van der Waals surface area contributed by atoms with Gasteiger partial charge in [-0.25, -0.2) is 24.3 Å². The number of hydrogen-bond donors (Lipinski definition) is 5. The monoisotopic (exact) mass is 693 g/mol. The smallest absolute Gasteiger partial charge is 0.325 e. The van der Waals surface area contributed by atoms with Gasteiger partial charge >= 0.3 is 13.4 Å². The molecule has 11 atom stereocenters. The van der Waals surface area contributed by atoms with Crippen LogP contribution in [-0.2, 0) is 51.2 Å². The van der Waals surface area contributed by atoms with Gasteiger partial charge in [-0.1, -0.05) is 0 Å². The number of nitrogens with one attached hydrogen (secondary N) is 1. The molecule has 4 aliphatic rings. The van der Waals surface area contributed by atoms with Crippen LogP contribution in [0.2, 0.25) is 0 Å². The van der Waals surface area contributed by atoms with E-state index in [9.17, 15) is 14.9 Å². The first-order valence-corrected chi connectivity index (χ1v) is 18.3. The van der Waals surface area contributed by atoms with E-state index in [1.54, 1.807) is 0 Å². The van der Waals surface area contributed by atoms with E-state index < -0.39 is 75.8 Å². The molecule has 0 saturated carbocycles. The minimum atomic E-state index is -4.20. The second-order valence-corrected chi connectivity index (χ2v) is 15.9. The van der Waals surface area contributed by atoms with Crippen LogP contribution in [0.25, 0.3) is 11.2 Å². The van der Waals surface area contributed by atoms with Crippen molar-refractivity contribution in [2.75, 3.05) is 24.3 Å². The first-order valence-electron chi connectivity index (χ1n) is 13.1. The number of rotatable bonds is 2. The Bertz CT molecular complexity index is 1720. The van der Waals surface area contributed by atoms with Gasteiger partial charge in [-0.05, 0) is 30.5 Å². The highest BCUT2D eigenvalue weighted by atomic mass is 32.5. The molecule has 2 bridgehead atoms. The fraction of sp³-hybridized carbons (Fsp3) is 0.571. The number of nitrogens with zero attached hydrogens (tertiary/aromatic N) is 7. The fourth-order valence-electron chi connectivity index (χ4n) is 5.44. The van der Waals surface area contributed by atoms with Gasteiger partial charge in [0, 0.05) is 0 Å². The van der Waals surface area contributed by atoms with Gasteiger partial charge in [-0.15, -0.1) is 0 Å². The Morgan fingerprint density at radius 2 is 1.66 bits per heavy atom. The summed E-state index contributed by atoms with van der Waals surface area (Å²) in [6.45, 7) is -7.62. The quantitative estimate of drug-likeness (QED) is 0.231. The normalized spacial score (nSPS) is 40.9. The van der Waals surface area contributed by atoms with Crippen molar-refractivity contribution in [3.63, 3.8) is 0 Å². The third-order valence-corrected chi connectivity index (χ3v) is 10.7. The number of halogens is 1. The van der Waals surface area contributed by atoms with Gasteiger partial charge in [-0.3, -0.25) is 23.2 Å². The zero-order chi connectivity index (χ0) is 31.0. The molecule has 3 saturated heterocycles. The SMILES string of the molecule is CC1N=CNc2c1ncn2[C@@H]1O[C@@H]2COP(O)(=S)O[C@H]3[C@@H](O)[C@H](n4cnc5c(N)ncnc54)O[C@@H]3COP(O)(=S)O[C@@H]1[C@H]2F. The number of aromatic nitrogens is 6. The number of aliphatic hydroxyl groups excluding tert-OH is 1. The van der Waals surface area contributed by atoms with Crippen LogP contribution in [0, 0.1) is 0 Å². The van der Waals surface area contributed by atoms with Crippen LogP contribution in [0.5, 0.6) is 0 Å². The predicted octanol–water partition coefficient (Wildman–Crippen LogP) is 0.565. The molecule has 18 nitrogen and oxygen atoms in total. The lowest BCUT2D eigenvalue weighted by atomic mass is 10.1. The van der Waals surface area contributed by atoms with Gasteiger partial charge in [0.25, 0.3) is 0 Å². The van der Waals surface area contributed by atoms with E-state index >= 15 is 4.39 Å². The largest absolute Gasteiger partial charge is 0.386 e. The minimum Gasteiger partial charge on any atom is -0.386 e. The summed E-state index contributed by atoms with van der Waals surface area (Å²) < 4.78 is 53.2. The van der Waals surface area contributed by atoms with Crippen LogP contribution in [0.1, 0.15) is 31.1 Å². The first-order chi connectivity index (χ1) is 20.9.